The molecule has 0 spiro atoms. The summed E-state index contributed by atoms with van der Waals surface area (Å²) in [6.45, 7) is 0. The maximum absolute atomic E-state index is 13.2. The van der Waals surface area contributed by atoms with Crippen molar-refractivity contribution >= 4 is 38.5 Å². The van der Waals surface area contributed by atoms with Crippen LogP contribution in [0.2, 0.25) is 5.02 Å². The van der Waals surface area contributed by atoms with Crippen molar-refractivity contribution in [3.63, 3.8) is 0 Å². The van der Waals surface area contributed by atoms with Crippen LogP contribution in [0.25, 0.3) is 11.0 Å². The normalized spacial score (nSPS) is 10.9. The molecule has 78 valence electrons. The third kappa shape index (κ3) is 1.66. The largest absolute Gasteiger partial charge is 0.419 e. The second kappa shape index (κ2) is 3.57. The highest BCUT2D eigenvalue weighted by Crippen LogP contribution is 2.30. The van der Waals surface area contributed by atoms with Gasteiger partial charge in [-0.1, -0.05) is 11.6 Å². The molecule has 2 aromatic rings. The maximum Gasteiger partial charge on any atom is 0.352 e. The third-order valence-corrected chi connectivity index (χ3v) is 3.15. The van der Waals surface area contributed by atoms with Crippen molar-refractivity contribution in [2.75, 3.05) is 0 Å². The van der Waals surface area contributed by atoms with E-state index in [9.17, 15) is 13.6 Å². The molecular formula is C9H2BrClF2O2. The Hall–Kier alpha value is -0.940. The molecule has 0 saturated heterocycles. The Morgan fingerprint density at radius 1 is 1.33 bits per heavy atom. The van der Waals surface area contributed by atoms with E-state index in [1.54, 1.807) is 0 Å². The van der Waals surface area contributed by atoms with Crippen LogP contribution in [0.5, 0.6) is 0 Å². The van der Waals surface area contributed by atoms with Gasteiger partial charge in [-0.2, -0.15) is 0 Å². The van der Waals surface area contributed by atoms with Crippen LogP contribution >= 0.6 is 27.5 Å². The molecule has 0 radical (unpaired) electrons. The van der Waals surface area contributed by atoms with E-state index < -0.39 is 17.3 Å². The first-order chi connectivity index (χ1) is 7.00. The lowest BCUT2D eigenvalue weighted by atomic mass is 10.2. The minimum Gasteiger partial charge on any atom is -0.419 e. The van der Waals surface area contributed by atoms with Gasteiger partial charge in [0, 0.05) is 11.5 Å². The average molecular weight is 295 g/mol. The van der Waals surface area contributed by atoms with Crippen LogP contribution in [0.1, 0.15) is 0 Å². The molecule has 0 atom stereocenters. The topological polar surface area (TPSA) is 30.2 Å². The van der Waals surface area contributed by atoms with Crippen molar-refractivity contribution < 1.29 is 13.2 Å². The Morgan fingerprint density at radius 2 is 2.00 bits per heavy atom. The van der Waals surface area contributed by atoms with E-state index in [0.29, 0.717) is 6.07 Å². The highest BCUT2D eigenvalue weighted by Gasteiger charge is 2.14. The van der Waals surface area contributed by atoms with E-state index in [-0.39, 0.29) is 20.5 Å². The van der Waals surface area contributed by atoms with Crippen molar-refractivity contribution in [2.45, 2.75) is 0 Å². The predicted molar refractivity (Wildman–Crippen MR) is 55.1 cm³/mol. The van der Waals surface area contributed by atoms with Gasteiger partial charge in [0.1, 0.15) is 10.3 Å². The fourth-order valence-corrected chi connectivity index (χ4v) is 1.68. The summed E-state index contributed by atoms with van der Waals surface area (Å²) in [4.78, 5) is 11.1. The number of hydrogen-bond acceptors (Lipinski definition) is 2. The first-order valence-electron chi connectivity index (χ1n) is 3.77. The fourth-order valence-electron chi connectivity index (χ4n) is 1.17. The average Bonchev–Trinajstić information content (AvgIpc) is 2.17. The van der Waals surface area contributed by atoms with Crippen molar-refractivity contribution in [3.05, 3.63) is 43.7 Å². The zero-order valence-electron chi connectivity index (χ0n) is 6.98. The monoisotopic (exact) mass is 294 g/mol. The number of rotatable bonds is 0. The first kappa shape index (κ1) is 10.6. The van der Waals surface area contributed by atoms with Gasteiger partial charge in [-0.3, -0.25) is 0 Å². The Labute approximate surface area is 95.6 Å². The zero-order valence-corrected chi connectivity index (χ0v) is 9.32. The summed E-state index contributed by atoms with van der Waals surface area (Å²) >= 11 is 8.60. The smallest absolute Gasteiger partial charge is 0.352 e. The number of halogens is 4. The van der Waals surface area contributed by atoms with Gasteiger partial charge >= 0.3 is 5.63 Å². The Bertz CT molecular complexity index is 609. The Kier molecular flexibility index (Phi) is 2.52. The van der Waals surface area contributed by atoms with E-state index in [0.717, 1.165) is 6.07 Å². The van der Waals surface area contributed by atoms with Crippen LogP contribution in [0.15, 0.2) is 25.8 Å². The van der Waals surface area contributed by atoms with E-state index in [4.69, 9.17) is 11.6 Å². The van der Waals surface area contributed by atoms with Crippen LogP contribution in [0.4, 0.5) is 8.78 Å². The van der Waals surface area contributed by atoms with Crippen LogP contribution in [0.3, 0.4) is 0 Å². The SMILES string of the molecule is O=c1oc2c(F)cc(F)cc2c(Cl)c1Br. The molecule has 1 aromatic carbocycles. The van der Waals surface area contributed by atoms with Gasteiger partial charge < -0.3 is 4.42 Å². The number of benzene rings is 1. The molecule has 1 aromatic heterocycles. The standard InChI is InChI=1S/C9H2BrClF2O2/c10-6-7(11)4-1-3(12)2-5(13)8(4)15-9(6)14/h1-2H. The maximum atomic E-state index is 13.2. The van der Waals surface area contributed by atoms with Gasteiger partial charge in [-0.15, -0.1) is 0 Å². The molecule has 0 bridgehead atoms. The summed E-state index contributed by atoms with van der Waals surface area (Å²) in [7, 11) is 0. The van der Waals surface area contributed by atoms with Gasteiger partial charge in [0.15, 0.2) is 11.4 Å². The molecule has 0 unspecified atom stereocenters. The van der Waals surface area contributed by atoms with Crippen molar-refractivity contribution in [3.8, 4) is 0 Å². The van der Waals surface area contributed by atoms with Crippen molar-refractivity contribution in [2.24, 2.45) is 0 Å². The van der Waals surface area contributed by atoms with Gasteiger partial charge in [0.25, 0.3) is 0 Å². The lowest BCUT2D eigenvalue weighted by Crippen LogP contribution is -2.01. The van der Waals surface area contributed by atoms with Gasteiger partial charge in [0.05, 0.1) is 5.02 Å². The van der Waals surface area contributed by atoms with E-state index >= 15 is 0 Å². The quantitative estimate of drug-likeness (QED) is 0.697. The van der Waals surface area contributed by atoms with Gasteiger partial charge in [-0.05, 0) is 22.0 Å². The molecule has 0 saturated carbocycles. The Balaban J connectivity index is 3.05. The summed E-state index contributed by atoms with van der Waals surface area (Å²) in [5, 5.41) is -0.0553. The van der Waals surface area contributed by atoms with Crippen LogP contribution in [-0.4, -0.2) is 0 Å². The molecule has 0 aliphatic carbocycles. The summed E-state index contributed by atoms with van der Waals surface area (Å²) in [5.74, 6) is -1.75. The minimum atomic E-state index is -0.962. The molecule has 0 aliphatic heterocycles. The molecule has 2 rings (SSSR count). The van der Waals surface area contributed by atoms with E-state index in [2.05, 4.69) is 20.3 Å². The zero-order chi connectivity index (χ0) is 11.2. The van der Waals surface area contributed by atoms with Crippen molar-refractivity contribution in [1.29, 1.82) is 0 Å². The summed E-state index contributed by atoms with van der Waals surface area (Å²) in [6.07, 6.45) is 0. The molecule has 2 nitrogen and oxygen atoms in total. The molecular weight excluding hydrogens is 293 g/mol. The number of hydrogen-bond donors (Lipinski definition) is 0. The molecule has 1 heterocycles. The Morgan fingerprint density at radius 3 is 2.67 bits per heavy atom. The van der Waals surface area contributed by atoms with Gasteiger partial charge in [0.2, 0.25) is 0 Å². The fraction of sp³-hybridized carbons (Fsp3) is 0. The van der Waals surface area contributed by atoms with Crippen LogP contribution in [-0.2, 0) is 0 Å². The first-order valence-corrected chi connectivity index (χ1v) is 4.94. The highest BCUT2D eigenvalue weighted by atomic mass is 79.9. The summed E-state index contributed by atoms with van der Waals surface area (Å²) in [6, 6.07) is 1.62. The summed E-state index contributed by atoms with van der Waals surface area (Å²) < 4.78 is 30.6. The van der Waals surface area contributed by atoms with Crippen LogP contribution < -0.4 is 5.63 Å². The predicted octanol–water partition coefficient (Wildman–Crippen LogP) is 3.49. The van der Waals surface area contributed by atoms with Gasteiger partial charge in [-0.25, -0.2) is 13.6 Å². The second-order valence-electron chi connectivity index (χ2n) is 2.78. The highest BCUT2D eigenvalue weighted by molar-refractivity contribution is 9.10. The molecule has 0 N–H and O–H groups in total. The molecule has 15 heavy (non-hydrogen) atoms. The molecule has 0 aliphatic rings. The third-order valence-electron chi connectivity index (χ3n) is 1.81. The minimum absolute atomic E-state index is 0.0145. The molecule has 6 heteroatoms. The lowest BCUT2D eigenvalue weighted by Gasteiger charge is -2.02. The second-order valence-corrected chi connectivity index (χ2v) is 3.95. The van der Waals surface area contributed by atoms with E-state index in [1.165, 1.54) is 0 Å². The van der Waals surface area contributed by atoms with Crippen molar-refractivity contribution in [1.82, 2.24) is 0 Å². The number of fused-ring (bicyclic) bond motifs is 1. The summed E-state index contributed by atoms with van der Waals surface area (Å²) in [5.41, 5.74) is -1.16. The molecule has 0 amide bonds. The molecule has 0 fully saturated rings. The van der Waals surface area contributed by atoms with Crippen LogP contribution in [0, 0.1) is 11.6 Å². The lowest BCUT2D eigenvalue weighted by molar-refractivity contribution is 0.513. The van der Waals surface area contributed by atoms with E-state index in [1.807, 2.05) is 0 Å².